The van der Waals surface area contributed by atoms with Crippen LogP contribution in [0, 0.1) is 19.7 Å². The largest absolute Gasteiger partial charge is 0.452 e. The maximum atomic E-state index is 13.6. The second kappa shape index (κ2) is 7.24. The van der Waals surface area contributed by atoms with Gasteiger partial charge in [0, 0.05) is 10.7 Å². The zero-order chi connectivity index (χ0) is 17.0. The van der Waals surface area contributed by atoms with Crippen LogP contribution >= 0.6 is 11.6 Å². The van der Waals surface area contributed by atoms with Crippen LogP contribution in [0.4, 0.5) is 10.1 Å². The summed E-state index contributed by atoms with van der Waals surface area (Å²) in [5.74, 6) is -2.22. The number of carbonyl (C=O) groups is 2. The molecule has 23 heavy (non-hydrogen) atoms. The molecule has 0 atom stereocenters. The van der Waals surface area contributed by atoms with E-state index in [1.807, 2.05) is 26.0 Å². The third kappa shape index (κ3) is 4.53. The van der Waals surface area contributed by atoms with Gasteiger partial charge in [-0.15, -0.1) is 0 Å². The van der Waals surface area contributed by atoms with Crippen LogP contribution in [0.3, 0.4) is 0 Å². The van der Waals surface area contributed by atoms with E-state index in [1.165, 1.54) is 12.1 Å². The normalized spacial score (nSPS) is 10.3. The molecule has 0 aliphatic heterocycles. The number of aryl methyl sites for hydroxylation is 2. The van der Waals surface area contributed by atoms with Crippen molar-refractivity contribution < 1.29 is 18.7 Å². The zero-order valence-corrected chi connectivity index (χ0v) is 13.4. The first-order chi connectivity index (χ1) is 10.9. The number of benzene rings is 2. The summed E-state index contributed by atoms with van der Waals surface area (Å²) < 4.78 is 18.4. The summed E-state index contributed by atoms with van der Waals surface area (Å²) in [4.78, 5) is 23.5. The second-order valence-corrected chi connectivity index (χ2v) is 5.48. The summed E-state index contributed by atoms with van der Waals surface area (Å²) in [5.41, 5.74) is 2.47. The number of halogens is 2. The number of amides is 1. The number of esters is 1. The van der Waals surface area contributed by atoms with Crippen molar-refractivity contribution in [1.82, 2.24) is 0 Å². The average molecular weight is 336 g/mol. The van der Waals surface area contributed by atoms with E-state index in [2.05, 4.69) is 5.32 Å². The minimum atomic E-state index is -0.922. The van der Waals surface area contributed by atoms with E-state index in [4.69, 9.17) is 16.3 Å². The van der Waals surface area contributed by atoms with Crippen molar-refractivity contribution in [1.29, 1.82) is 0 Å². The number of ether oxygens (including phenoxy) is 1. The first kappa shape index (κ1) is 17.0. The molecule has 4 nitrogen and oxygen atoms in total. The fourth-order valence-electron chi connectivity index (χ4n) is 1.88. The predicted molar refractivity (Wildman–Crippen MR) is 86.2 cm³/mol. The van der Waals surface area contributed by atoms with Crippen LogP contribution in [0.2, 0.25) is 5.02 Å². The Morgan fingerprint density at radius 2 is 1.87 bits per heavy atom. The smallest absolute Gasteiger partial charge is 0.341 e. The molecule has 120 valence electrons. The van der Waals surface area contributed by atoms with Crippen molar-refractivity contribution in [2.45, 2.75) is 13.8 Å². The molecule has 0 fully saturated rings. The van der Waals surface area contributed by atoms with Gasteiger partial charge in [-0.2, -0.15) is 0 Å². The minimum Gasteiger partial charge on any atom is -0.452 e. The number of hydrogen-bond donors (Lipinski definition) is 1. The third-order valence-corrected chi connectivity index (χ3v) is 3.51. The van der Waals surface area contributed by atoms with E-state index < -0.39 is 24.3 Å². The summed E-state index contributed by atoms with van der Waals surface area (Å²) in [6.45, 7) is 3.38. The van der Waals surface area contributed by atoms with Crippen LogP contribution in [0.25, 0.3) is 0 Å². The van der Waals surface area contributed by atoms with E-state index in [0.717, 1.165) is 17.2 Å². The highest BCUT2D eigenvalue weighted by Crippen LogP contribution is 2.16. The maximum absolute atomic E-state index is 13.6. The van der Waals surface area contributed by atoms with Gasteiger partial charge in [-0.1, -0.05) is 17.7 Å². The maximum Gasteiger partial charge on any atom is 0.341 e. The molecule has 6 heteroatoms. The Bertz CT molecular complexity index is 761. The van der Waals surface area contributed by atoms with Gasteiger partial charge in [-0.3, -0.25) is 4.79 Å². The fourth-order valence-corrected chi connectivity index (χ4v) is 2.04. The monoisotopic (exact) mass is 335 g/mol. The summed E-state index contributed by atoms with van der Waals surface area (Å²) in [6, 6.07) is 9.03. The summed E-state index contributed by atoms with van der Waals surface area (Å²) in [5, 5.41) is 2.78. The molecule has 2 aromatic carbocycles. The topological polar surface area (TPSA) is 55.4 Å². The lowest BCUT2D eigenvalue weighted by molar-refractivity contribution is -0.119. The SMILES string of the molecule is Cc1ccc(NC(=O)COC(=O)c2ccc(Cl)cc2F)cc1C. The predicted octanol–water partition coefficient (Wildman–Crippen LogP) is 3.89. The molecule has 0 aliphatic rings. The van der Waals surface area contributed by atoms with Crippen LogP contribution in [0.15, 0.2) is 36.4 Å². The van der Waals surface area contributed by atoms with Crippen molar-refractivity contribution in [2.24, 2.45) is 0 Å². The molecule has 0 aliphatic carbocycles. The number of rotatable bonds is 4. The highest BCUT2D eigenvalue weighted by molar-refractivity contribution is 6.30. The van der Waals surface area contributed by atoms with Gasteiger partial charge in [0.05, 0.1) is 5.56 Å². The van der Waals surface area contributed by atoms with Gasteiger partial charge in [-0.25, -0.2) is 9.18 Å². The number of anilines is 1. The summed E-state index contributed by atoms with van der Waals surface area (Å²) >= 11 is 5.61. The van der Waals surface area contributed by atoms with Gasteiger partial charge < -0.3 is 10.1 Å². The van der Waals surface area contributed by atoms with E-state index >= 15 is 0 Å². The summed E-state index contributed by atoms with van der Waals surface area (Å²) in [6.07, 6.45) is 0. The van der Waals surface area contributed by atoms with Gasteiger partial charge in [-0.05, 0) is 55.3 Å². The minimum absolute atomic E-state index is 0.173. The lowest BCUT2D eigenvalue weighted by Crippen LogP contribution is -2.21. The van der Waals surface area contributed by atoms with Gasteiger partial charge in [0.2, 0.25) is 0 Å². The van der Waals surface area contributed by atoms with Crippen LogP contribution in [0.1, 0.15) is 21.5 Å². The lowest BCUT2D eigenvalue weighted by atomic mass is 10.1. The molecule has 0 radical (unpaired) electrons. The third-order valence-electron chi connectivity index (χ3n) is 3.28. The standard InChI is InChI=1S/C17H15ClFNO3/c1-10-3-5-13(7-11(10)2)20-16(21)9-23-17(22)14-6-4-12(18)8-15(14)19/h3-8H,9H2,1-2H3,(H,20,21). The fraction of sp³-hybridized carbons (Fsp3) is 0.176. The molecule has 2 rings (SSSR count). The summed E-state index contributed by atoms with van der Waals surface area (Å²) in [7, 11) is 0. The highest BCUT2D eigenvalue weighted by atomic mass is 35.5. The Morgan fingerprint density at radius 3 is 2.52 bits per heavy atom. The molecule has 0 saturated heterocycles. The van der Waals surface area contributed by atoms with Gasteiger partial charge >= 0.3 is 5.97 Å². The van der Waals surface area contributed by atoms with E-state index in [-0.39, 0.29) is 10.6 Å². The first-order valence-electron chi connectivity index (χ1n) is 6.86. The van der Waals surface area contributed by atoms with Gasteiger partial charge in [0.15, 0.2) is 6.61 Å². The van der Waals surface area contributed by atoms with Crippen molar-refractivity contribution in [3.8, 4) is 0 Å². The van der Waals surface area contributed by atoms with E-state index in [1.54, 1.807) is 6.07 Å². The number of hydrogen-bond acceptors (Lipinski definition) is 3. The van der Waals surface area contributed by atoms with Crippen LogP contribution in [0.5, 0.6) is 0 Å². The Kier molecular flexibility index (Phi) is 5.34. The Hall–Kier alpha value is -2.40. The molecule has 1 N–H and O–H groups in total. The molecule has 0 heterocycles. The molecule has 1 amide bonds. The van der Waals surface area contributed by atoms with Crippen LogP contribution in [-0.2, 0) is 9.53 Å². The van der Waals surface area contributed by atoms with E-state index in [0.29, 0.717) is 5.69 Å². The quantitative estimate of drug-likeness (QED) is 0.862. The van der Waals surface area contributed by atoms with Crippen LogP contribution < -0.4 is 5.32 Å². The van der Waals surface area contributed by atoms with Crippen molar-refractivity contribution >= 4 is 29.2 Å². The van der Waals surface area contributed by atoms with Crippen molar-refractivity contribution in [2.75, 3.05) is 11.9 Å². The van der Waals surface area contributed by atoms with Gasteiger partial charge in [0.1, 0.15) is 5.82 Å². The molecule has 2 aromatic rings. The zero-order valence-electron chi connectivity index (χ0n) is 12.7. The Morgan fingerprint density at radius 1 is 1.13 bits per heavy atom. The van der Waals surface area contributed by atoms with E-state index in [9.17, 15) is 14.0 Å². The lowest BCUT2D eigenvalue weighted by Gasteiger charge is -2.09. The Balaban J connectivity index is 1.93. The Labute approximate surface area is 138 Å². The second-order valence-electron chi connectivity index (χ2n) is 5.05. The molecule has 0 spiro atoms. The van der Waals surface area contributed by atoms with Crippen molar-refractivity contribution in [3.63, 3.8) is 0 Å². The molecular formula is C17H15ClFNO3. The van der Waals surface area contributed by atoms with Crippen molar-refractivity contribution in [3.05, 3.63) is 63.9 Å². The number of nitrogens with one attached hydrogen (secondary N) is 1. The van der Waals surface area contributed by atoms with Gasteiger partial charge in [0.25, 0.3) is 5.91 Å². The molecule has 0 bridgehead atoms. The molecule has 0 saturated carbocycles. The molecule has 0 unspecified atom stereocenters. The van der Waals surface area contributed by atoms with Crippen LogP contribution in [-0.4, -0.2) is 18.5 Å². The highest BCUT2D eigenvalue weighted by Gasteiger charge is 2.15. The first-order valence-corrected chi connectivity index (χ1v) is 7.24. The molecular weight excluding hydrogens is 321 g/mol. The number of carbonyl (C=O) groups excluding carboxylic acids is 2. The molecule has 0 aromatic heterocycles. The average Bonchev–Trinajstić information content (AvgIpc) is 2.48.